The summed E-state index contributed by atoms with van der Waals surface area (Å²) in [5.41, 5.74) is 1.18. The third kappa shape index (κ3) is 4.32. The zero-order valence-corrected chi connectivity index (χ0v) is 16.8. The molecule has 1 aromatic carbocycles. The Hall–Kier alpha value is -3.30. The van der Waals surface area contributed by atoms with Crippen molar-refractivity contribution in [2.75, 3.05) is 18.5 Å². The minimum absolute atomic E-state index is 0.00174. The highest BCUT2D eigenvalue weighted by molar-refractivity contribution is 6.07. The fourth-order valence-corrected chi connectivity index (χ4v) is 3.95. The summed E-state index contributed by atoms with van der Waals surface area (Å²) in [6.45, 7) is 2.23. The van der Waals surface area contributed by atoms with Gasteiger partial charge in [-0.15, -0.1) is 0 Å². The number of nitrogens with one attached hydrogen (secondary N) is 1. The van der Waals surface area contributed by atoms with Crippen molar-refractivity contribution in [2.24, 2.45) is 11.8 Å². The van der Waals surface area contributed by atoms with E-state index in [0.717, 1.165) is 23.3 Å². The molecule has 1 N–H and O–H groups in total. The molecule has 160 valence electrons. The van der Waals surface area contributed by atoms with E-state index in [9.17, 15) is 29.3 Å². The molecule has 0 spiro atoms. The second kappa shape index (κ2) is 8.60. The number of amides is 3. The first-order valence-corrected chi connectivity index (χ1v) is 9.75. The Morgan fingerprint density at radius 2 is 1.70 bits per heavy atom. The van der Waals surface area contributed by atoms with Gasteiger partial charge >= 0.3 is 5.97 Å². The number of ether oxygens (including phenoxy) is 1. The quantitative estimate of drug-likeness (QED) is 0.323. The van der Waals surface area contributed by atoms with Crippen LogP contribution in [0.5, 0.6) is 0 Å². The van der Waals surface area contributed by atoms with Crippen molar-refractivity contribution in [3.05, 3.63) is 33.4 Å². The predicted molar refractivity (Wildman–Crippen MR) is 104 cm³/mol. The normalized spacial score (nSPS) is 20.7. The van der Waals surface area contributed by atoms with Gasteiger partial charge in [0.2, 0.25) is 11.8 Å². The summed E-state index contributed by atoms with van der Waals surface area (Å²) in [6.07, 6.45) is 3.03. The molecule has 1 aliphatic carbocycles. The van der Waals surface area contributed by atoms with E-state index in [1.165, 1.54) is 12.1 Å². The molecule has 0 unspecified atom stereocenters. The number of anilines is 1. The van der Waals surface area contributed by atoms with Crippen LogP contribution in [0.25, 0.3) is 0 Å². The maximum atomic E-state index is 12.4. The van der Waals surface area contributed by atoms with Crippen LogP contribution in [0.15, 0.2) is 12.1 Å². The highest BCUT2D eigenvalue weighted by atomic mass is 16.6. The first-order chi connectivity index (χ1) is 14.2. The Kier molecular flexibility index (Phi) is 6.14. The van der Waals surface area contributed by atoms with Gasteiger partial charge in [0.05, 0.1) is 16.8 Å². The first-order valence-electron chi connectivity index (χ1n) is 9.75. The predicted octanol–water partition coefficient (Wildman–Crippen LogP) is 1.87. The Labute approximate surface area is 172 Å². The van der Waals surface area contributed by atoms with Crippen LogP contribution in [-0.2, 0) is 23.9 Å². The maximum Gasteiger partial charge on any atom is 0.326 e. The number of esters is 1. The highest BCUT2D eigenvalue weighted by Crippen LogP contribution is 2.37. The largest absolute Gasteiger partial charge is 0.454 e. The molecule has 1 heterocycles. The molecule has 3 amide bonds. The molecule has 2 aliphatic rings. The standard InChI is InChI=1S/C20H23N3O7/c1-11-7-15(16(23(28)29)8-12(11)2)21-17(24)10-30-18(25)9-22-19(26)13-5-3-4-6-14(13)20(22)27/h7-8,13-14H,3-6,9-10H2,1-2H3,(H,21,24)/t13-,14+. The van der Waals surface area contributed by atoms with Gasteiger partial charge < -0.3 is 10.1 Å². The molecule has 1 aliphatic heterocycles. The molecule has 2 atom stereocenters. The van der Waals surface area contributed by atoms with Crippen LogP contribution in [0.3, 0.4) is 0 Å². The lowest BCUT2D eigenvalue weighted by Gasteiger charge is -2.19. The monoisotopic (exact) mass is 417 g/mol. The van der Waals surface area contributed by atoms with Crippen LogP contribution in [0.1, 0.15) is 36.8 Å². The van der Waals surface area contributed by atoms with Crippen LogP contribution >= 0.6 is 0 Å². The number of rotatable bonds is 6. The molecule has 3 rings (SSSR count). The summed E-state index contributed by atoms with van der Waals surface area (Å²) in [7, 11) is 0. The summed E-state index contributed by atoms with van der Waals surface area (Å²) in [4.78, 5) is 60.4. The fourth-order valence-electron chi connectivity index (χ4n) is 3.95. The lowest BCUT2D eigenvalue weighted by atomic mass is 9.81. The molecule has 0 aromatic heterocycles. The molecule has 30 heavy (non-hydrogen) atoms. The molecular weight excluding hydrogens is 394 g/mol. The second-order valence-electron chi connectivity index (χ2n) is 7.68. The minimum atomic E-state index is -0.889. The van der Waals surface area contributed by atoms with Crippen LogP contribution in [0, 0.1) is 35.8 Å². The smallest absolute Gasteiger partial charge is 0.326 e. The number of likely N-dealkylation sites (tertiary alicyclic amines) is 1. The molecule has 10 heteroatoms. The van der Waals surface area contributed by atoms with Crippen molar-refractivity contribution >= 4 is 35.1 Å². The van der Waals surface area contributed by atoms with Gasteiger partial charge in [-0.2, -0.15) is 0 Å². The molecule has 2 fully saturated rings. The second-order valence-corrected chi connectivity index (χ2v) is 7.68. The summed E-state index contributed by atoms with van der Waals surface area (Å²) in [5, 5.41) is 13.6. The number of nitro benzene ring substituents is 1. The van der Waals surface area contributed by atoms with E-state index in [1.54, 1.807) is 13.8 Å². The van der Waals surface area contributed by atoms with Crippen molar-refractivity contribution in [2.45, 2.75) is 39.5 Å². The summed E-state index contributed by atoms with van der Waals surface area (Å²) >= 11 is 0. The number of imide groups is 1. The topological polar surface area (TPSA) is 136 Å². The average Bonchev–Trinajstić information content (AvgIpc) is 2.94. The highest BCUT2D eigenvalue weighted by Gasteiger charge is 2.48. The van der Waals surface area contributed by atoms with E-state index < -0.39 is 30.0 Å². The first kappa shape index (κ1) is 21.4. The molecule has 1 saturated carbocycles. The number of carbonyl (C=O) groups is 4. The SMILES string of the molecule is Cc1cc(NC(=O)COC(=O)CN2C(=O)[C@H]3CCCC[C@H]3C2=O)c([N+](=O)[O-])cc1C. The zero-order chi connectivity index (χ0) is 22.0. The van der Waals surface area contributed by atoms with E-state index >= 15 is 0 Å². The molecule has 1 aromatic rings. The Morgan fingerprint density at radius 3 is 2.27 bits per heavy atom. The van der Waals surface area contributed by atoms with Gasteiger partial charge in [0.1, 0.15) is 12.2 Å². The van der Waals surface area contributed by atoms with Gasteiger partial charge in [-0.1, -0.05) is 12.8 Å². The van der Waals surface area contributed by atoms with E-state index in [2.05, 4.69) is 5.32 Å². The van der Waals surface area contributed by atoms with Gasteiger partial charge in [0, 0.05) is 6.07 Å². The van der Waals surface area contributed by atoms with Crippen molar-refractivity contribution < 1.29 is 28.8 Å². The molecule has 1 saturated heterocycles. The molecule has 10 nitrogen and oxygen atoms in total. The van der Waals surface area contributed by atoms with Crippen LogP contribution in [0.2, 0.25) is 0 Å². The van der Waals surface area contributed by atoms with Crippen molar-refractivity contribution in [3.63, 3.8) is 0 Å². The summed E-state index contributed by atoms with van der Waals surface area (Å²) < 4.78 is 4.88. The number of nitro groups is 1. The lowest BCUT2D eigenvalue weighted by Crippen LogP contribution is -2.37. The minimum Gasteiger partial charge on any atom is -0.454 e. The maximum absolute atomic E-state index is 12.4. The van der Waals surface area contributed by atoms with E-state index in [0.29, 0.717) is 18.4 Å². The molecule has 0 bridgehead atoms. The van der Waals surface area contributed by atoms with Gasteiger partial charge in [-0.25, -0.2) is 0 Å². The fraction of sp³-hybridized carbons (Fsp3) is 0.500. The number of hydrogen-bond acceptors (Lipinski definition) is 7. The third-order valence-corrected chi connectivity index (χ3v) is 5.67. The number of nitrogens with zero attached hydrogens (tertiary/aromatic N) is 2. The Bertz CT molecular complexity index is 903. The third-order valence-electron chi connectivity index (χ3n) is 5.67. The average molecular weight is 417 g/mol. The van der Waals surface area contributed by atoms with Crippen molar-refractivity contribution in [3.8, 4) is 0 Å². The number of fused-ring (bicyclic) bond motifs is 1. The van der Waals surface area contributed by atoms with E-state index in [4.69, 9.17) is 4.74 Å². The number of benzene rings is 1. The Balaban J connectivity index is 1.56. The number of carbonyl (C=O) groups excluding carboxylic acids is 4. The van der Waals surface area contributed by atoms with E-state index in [-0.39, 0.29) is 35.0 Å². The van der Waals surface area contributed by atoms with Crippen molar-refractivity contribution in [1.82, 2.24) is 4.90 Å². The number of aryl methyl sites for hydroxylation is 2. The van der Waals surface area contributed by atoms with E-state index in [1.807, 2.05) is 0 Å². The molecular formula is C20H23N3O7. The van der Waals surface area contributed by atoms with Gasteiger partial charge in [-0.05, 0) is 43.9 Å². The van der Waals surface area contributed by atoms with Crippen LogP contribution < -0.4 is 5.32 Å². The Morgan fingerprint density at radius 1 is 1.13 bits per heavy atom. The van der Waals surface area contributed by atoms with Gasteiger partial charge in [-0.3, -0.25) is 34.2 Å². The summed E-state index contributed by atoms with van der Waals surface area (Å²) in [5.74, 6) is -3.11. The van der Waals surface area contributed by atoms with Crippen LogP contribution in [-0.4, -0.2) is 46.7 Å². The number of hydrogen-bond donors (Lipinski definition) is 1. The van der Waals surface area contributed by atoms with Crippen LogP contribution in [0.4, 0.5) is 11.4 Å². The molecule has 0 radical (unpaired) electrons. The zero-order valence-electron chi connectivity index (χ0n) is 16.8. The lowest BCUT2D eigenvalue weighted by molar-refractivity contribution is -0.384. The summed E-state index contributed by atoms with van der Waals surface area (Å²) in [6, 6.07) is 2.82. The van der Waals surface area contributed by atoms with Gasteiger partial charge in [0.15, 0.2) is 6.61 Å². The van der Waals surface area contributed by atoms with Gasteiger partial charge in [0.25, 0.3) is 11.6 Å². The van der Waals surface area contributed by atoms with Crippen molar-refractivity contribution in [1.29, 1.82) is 0 Å².